The molecule has 3 aromatic carbocycles. The number of rotatable bonds is 7. The van der Waals surface area contributed by atoms with E-state index in [-0.39, 0.29) is 18.1 Å². The summed E-state index contributed by atoms with van der Waals surface area (Å²) in [6.45, 7) is 2.38. The van der Waals surface area contributed by atoms with E-state index in [9.17, 15) is 9.59 Å². The number of hydrogen-bond donors (Lipinski definition) is 1. The summed E-state index contributed by atoms with van der Waals surface area (Å²) >= 11 is 0. The first-order valence-corrected chi connectivity index (χ1v) is 10.8. The van der Waals surface area contributed by atoms with Crippen LogP contribution in [0.5, 0.6) is 23.0 Å². The average Bonchev–Trinajstić information content (AvgIpc) is 3.42. The number of nitrogens with one attached hydrogen (secondary N) is 1. The van der Waals surface area contributed by atoms with Gasteiger partial charge in [-0.25, -0.2) is 4.90 Å². The molecule has 8 nitrogen and oxygen atoms in total. The van der Waals surface area contributed by atoms with Crippen molar-refractivity contribution in [2.45, 2.75) is 6.92 Å². The molecular weight excluding hydrogens is 436 g/mol. The molecular formula is C26H22N2O6. The molecule has 5 rings (SSSR count). The molecule has 0 aliphatic carbocycles. The van der Waals surface area contributed by atoms with Crippen molar-refractivity contribution in [3.05, 3.63) is 78.0 Å². The highest BCUT2D eigenvalue weighted by atomic mass is 16.7. The number of para-hydroxylation sites is 2. The SMILES string of the molecule is CCOc1ccccc1N1C(=O)C(Nc2ccc3c(c2)OCO3)=C(c2ccc(OC)cc2)C1=O. The highest BCUT2D eigenvalue weighted by molar-refractivity contribution is 6.46. The second kappa shape index (κ2) is 8.82. The van der Waals surface area contributed by atoms with Crippen LogP contribution in [-0.2, 0) is 9.59 Å². The first kappa shape index (κ1) is 21.4. The number of carbonyl (C=O) groups excluding carboxylic acids is 2. The summed E-state index contributed by atoms with van der Waals surface area (Å²) in [5.74, 6) is 1.34. The first-order chi connectivity index (χ1) is 16.6. The molecule has 2 heterocycles. The number of carbonyl (C=O) groups is 2. The molecule has 0 fully saturated rings. The van der Waals surface area contributed by atoms with Gasteiger partial charge >= 0.3 is 0 Å². The molecule has 34 heavy (non-hydrogen) atoms. The Morgan fingerprint density at radius 3 is 2.47 bits per heavy atom. The van der Waals surface area contributed by atoms with Crippen LogP contribution in [0.3, 0.4) is 0 Å². The fourth-order valence-corrected chi connectivity index (χ4v) is 3.93. The van der Waals surface area contributed by atoms with Gasteiger partial charge in [0.25, 0.3) is 11.8 Å². The van der Waals surface area contributed by atoms with Crippen molar-refractivity contribution < 1.29 is 28.5 Å². The second-order valence-corrected chi connectivity index (χ2v) is 7.52. The van der Waals surface area contributed by atoms with Gasteiger partial charge in [0.15, 0.2) is 11.5 Å². The largest absolute Gasteiger partial charge is 0.497 e. The summed E-state index contributed by atoms with van der Waals surface area (Å²) < 4.78 is 21.7. The molecule has 0 spiro atoms. The highest BCUT2D eigenvalue weighted by Crippen LogP contribution is 2.40. The van der Waals surface area contributed by atoms with Gasteiger partial charge in [-0.05, 0) is 48.9 Å². The molecule has 0 saturated carbocycles. The molecule has 172 valence electrons. The van der Waals surface area contributed by atoms with Gasteiger partial charge in [0.1, 0.15) is 17.2 Å². The summed E-state index contributed by atoms with van der Waals surface area (Å²) in [5, 5.41) is 3.14. The van der Waals surface area contributed by atoms with Gasteiger partial charge < -0.3 is 24.3 Å². The second-order valence-electron chi connectivity index (χ2n) is 7.52. The maximum atomic E-state index is 13.7. The van der Waals surface area contributed by atoms with E-state index in [1.165, 1.54) is 0 Å². The van der Waals surface area contributed by atoms with Crippen LogP contribution in [0.25, 0.3) is 5.57 Å². The van der Waals surface area contributed by atoms with Crippen LogP contribution in [0, 0.1) is 0 Å². The fourth-order valence-electron chi connectivity index (χ4n) is 3.93. The summed E-state index contributed by atoms with van der Waals surface area (Å²) in [7, 11) is 1.57. The monoisotopic (exact) mass is 458 g/mol. The number of benzene rings is 3. The predicted molar refractivity (Wildman–Crippen MR) is 126 cm³/mol. The van der Waals surface area contributed by atoms with E-state index in [1.54, 1.807) is 73.8 Å². The predicted octanol–water partition coefficient (Wildman–Crippen LogP) is 4.22. The van der Waals surface area contributed by atoms with Crippen molar-refractivity contribution in [1.29, 1.82) is 0 Å². The minimum Gasteiger partial charge on any atom is -0.497 e. The Balaban J connectivity index is 1.59. The third kappa shape index (κ3) is 3.69. The molecule has 0 radical (unpaired) electrons. The molecule has 0 atom stereocenters. The standard InChI is InChI=1S/C26H22N2O6/c1-3-32-20-7-5-4-6-19(20)28-25(29)23(16-8-11-18(31-2)12-9-16)24(26(28)30)27-17-10-13-21-22(14-17)34-15-33-21/h4-14,27H,3,15H2,1-2H3. The number of imide groups is 1. The molecule has 0 unspecified atom stereocenters. The van der Waals surface area contributed by atoms with Crippen molar-refractivity contribution >= 4 is 28.8 Å². The number of amides is 2. The maximum Gasteiger partial charge on any atom is 0.282 e. The Hall–Kier alpha value is -4.46. The Kier molecular flexibility index (Phi) is 5.55. The normalized spacial score (nSPS) is 14.6. The number of methoxy groups -OCH3 is 1. The lowest BCUT2D eigenvalue weighted by Gasteiger charge is -2.19. The zero-order valence-corrected chi connectivity index (χ0v) is 18.7. The molecule has 0 bridgehead atoms. The number of nitrogens with zero attached hydrogens (tertiary/aromatic N) is 1. The lowest BCUT2D eigenvalue weighted by atomic mass is 10.0. The van der Waals surface area contributed by atoms with E-state index in [2.05, 4.69) is 5.32 Å². The zero-order chi connectivity index (χ0) is 23.7. The van der Waals surface area contributed by atoms with Crippen LogP contribution in [0.2, 0.25) is 0 Å². The van der Waals surface area contributed by atoms with Crippen LogP contribution in [0.1, 0.15) is 12.5 Å². The Labute approximate surface area is 196 Å². The van der Waals surface area contributed by atoms with E-state index < -0.39 is 11.8 Å². The molecule has 3 aromatic rings. The van der Waals surface area contributed by atoms with Gasteiger partial charge in [-0.3, -0.25) is 9.59 Å². The molecule has 0 saturated heterocycles. The van der Waals surface area contributed by atoms with Crippen molar-refractivity contribution in [2.24, 2.45) is 0 Å². The van der Waals surface area contributed by atoms with Crippen LogP contribution in [0.15, 0.2) is 72.4 Å². The Bertz CT molecular complexity index is 1300. The van der Waals surface area contributed by atoms with Crippen molar-refractivity contribution in [3.63, 3.8) is 0 Å². The van der Waals surface area contributed by atoms with Gasteiger partial charge in [0.2, 0.25) is 6.79 Å². The van der Waals surface area contributed by atoms with Gasteiger partial charge in [0, 0.05) is 11.8 Å². The van der Waals surface area contributed by atoms with Crippen LogP contribution < -0.4 is 29.2 Å². The molecule has 2 amide bonds. The van der Waals surface area contributed by atoms with E-state index in [1.807, 2.05) is 6.92 Å². The third-order valence-corrected chi connectivity index (χ3v) is 5.51. The molecule has 0 aromatic heterocycles. The minimum atomic E-state index is -0.486. The molecule has 2 aliphatic heterocycles. The topological polar surface area (TPSA) is 86.3 Å². The summed E-state index contributed by atoms with van der Waals surface area (Å²) in [5.41, 5.74) is 1.95. The molecule has 2 aliphatic rings. The van der Waals surface area contributed by atoms with Crippen LogP contribution in [-0.4, -0.2) is 32.3 Å². The van der Waals surface area contributed by atoms with Crippen LogP contribution in [0.4, 0.5) is 11.4 Å². The quantitative estimate of drug-likeness (QED) is 0.531. The number of ether oxygens (including phenoxy) is 4. The Morgan fingerprint density at radius 2 is 1.71 bits per heavy atom. The fraction of sp³-hybridized carbons (Fsp3) is 0.154. The summed E-state index contributed by atoms with van der Waals surface area (Å²) in [6.07, 6.45) is 0. The van der Waals surface area contributed by atoms with Gasteiger partial charge in [-0.1, -0.05) is 24.3 Å². The number of anilines is 2. The van der Waals surface area contributed by atoms with E-state index in [0.717, 1.165) is 4.90 Å². The number of fused-ring (bicyclic) bond motifs is 1. The zero-order valence-electron chi connectivity index (χ0n) is 18.7. The van der Waals surface area contributed by atoms with E-state index in [0.29, 0.717) is 46.5 Å². The van der Waals surface area contributed by atoms with Crippen LogP contribution >= 0.6 is 0 Å². The van der Waals surface area contributed by atoms with Crippen molar-refractivity contribution in [1.82, 2.24) is 0 Å². The third-order valence-electron chi connectivity index (χ3n) is 5.51. The van der Waals surface area contributed by atoms with Gasteiger partial charge in [0.05, 0.1) is 25.0 Å². The number of hydrogen-bond acceptors (Lipinski definition) is 7. The van der Waals surface area contributed by atoms with Crippen molar-refractivity contribution in [2.75, 3.05) is 30.7 Å². The lowest BCUT2D eigenvalue weighted by Crippen LogP contribution is -2.32. The van der Waals surface area contributed by atoms with Gasteiger partial charge in [-0.15, -0.1) is 0 Å². The maximum absolute atomic E-state index is 13.7. The lowest BCUT2D eigenvalue weighted by molar-refractivity contribution is -0.120. The van der Waals surface area contributed by atoms with E-state index >= 15 is 0 Å². The van der Waals surface area contributed by atoms with Gasteiger partial charge in [-0.2, -0.15) is 0 Å². The highest BCUT2D eigenvalue weighted by Gasteiger charge is 2.41. The minimum absolute atomic E-state index is 0.137. The Morgan fingerprint density at radius 1 is 0.941 bits per heavy atom. The smallest absolute Gasteiger partial charge is 0.282 e. The van der Waals surface area contributed by atoms with E-state index in [4.69, 9.17) is 18.9 Å². The molecule has 1 N–H and O–H groups in total. The average molecular weight is 458 g/mol. The summed E-state index contributed by atoms with van der Waals surface area (Å²) in [6, 6.07) is 19.2. The molecule has 8 heteroatoms. The summed E-state index contributed by atoms with van der Waals surface area (Å²) in [4.78, 5) is 28.5. The first-order valence-electron chi connectivity index (χ1n) is 10.8. The van der Waals surface area contributed by atoms with Crippen molar-refractivity contribution in [3.8, 4) is 23.0 Å².